The van der Waals surface area contributed by atoms with E-state index in [1.54, 1.807) is 0 Å². The molecule has 0 radical (unpaired) electrons. The van der Waals surface area contributed by atoms with Gasteiger partial charge in [-0.3, -0.25) is 0 Å². The van der Waals surface area contributed by atoms with Crippen LogP contribution in [0.25, 0.3) is 0 Å². The number of alkyl halides is 3. The molecule has 0 amide bonds. The second-order valence-electron chi connectivity index (χ2n) is 3.34. The van der Waals surface area contributed by atoms with E-state index >= 15 is 0 Å². The number of nitrogens with two attached hydrogens (primary N) is 1. The van der Waals surface area contributed by atoms with Crippen LogP contribution in [0.1, 0.15) is 18.5 Å². The quantitative estimate of drug-likeness (QED) is 0.820. The molecule has 6 heteroatoms. The number of hydrogen-bond acceptors (Lipinski definition) is 2. The van der Waals surface area contributed by atoms with Crippen LogP contribution in [0.4, 0.5) is 17.6 Å². The molecule has 2 nitrogen and oxygen atoms in total. The van der Waals surface area contributed by atoms with Crippen LogP contribution in [0.2, 0.25) is 0 Å². The van der Waals surface area contributed by atoms with E-state index in [0.29, 0.717) is 0 Å². The fourth-order valence-electron chi connectivity index (χ4n) is 1.24. The zero-order valence-electron chi connectivity index (χ0n) is 8.51. The van der Waals surface area contributed by atoms with E-state index in [0.717, 1.165) is 6.07 Å². The fourth-order valence-corrected chi connectivity index (χ4v) is 1.24. The highest BCUT2D eigenvalue weighted by atomic mass is 19.4. The minimum atomic E-state index is -4.46. The predicted molar refractivity (Wildman–Crippen MR) is 50.6 cm³/mol. The SMILES string of the molecule is C[C@@H](N)c1c(F)cccc1OCC(F)(F)F. The maximum absolute atomic E-state index is 13.3. The van der Waals surface area contributed by atoms with Gasteiger partial charge in [0.1, 0.15) is 11.6 Å². The summed E-state index contributed by atoms with van der Waals surface area (Å²) in [7, 11) is 0. The molecule has 0 bridgehead atoms. The van der Waals surface area contributed by atoms with Gasteiger partial charge < -0.3 is 10.5 Å². The molecule has 0 saturated carbocycles. The summed E-state index contributed by atoms with van der Waals surface area (Å²) in [5, 5.41) is 0. The molecular formula is C10H11F4NO. The normalized spacial score (nSPS) is 13.6. The number of hydrogen-bond donors (Lipinski definition) is 1. The van der Waals surface area contributed by atoms with Gasteiger partial charge in [0.2, 0.25) is 0 Å². The third kappa shape index (κ3) is 3.37. The minimum Gasteiger partial charge on any atom is -0.484 e. The average Bonchev–Trinajstić information content (AvgIpc) is 2.12. The largest absolute Gasteiger partial charge is 0.484 e. The smallest absolute Gasteiger partial charge is 0.422 e. The number of rotatable bonds is 3. The lowest BCUT2D eigenvalue weighted by molar-refractivity contribution is -0.153. The third-order valence-corrected chi connectivity index (χ3v) is 1.86. The summed E-state index contributed by atoms with van der Waals surface area (Å²) >= 11 is 0. The van der Waals surface area contributed by atoms with E-state index in [1.165, 1.54) is 19.1 Å². The lowest BCUT2D eigenvalue weighted by Gasteiger charge is -2.15. The molecule has 16 heavy (non-hydrogen) atoms. The molecule has 0 fully saturated rings. The van der Waals surface area contributed by atoms with Gasteiger partial charge in [-0.1, -0.05) is 6.07 Å². The Hall–Kier alpha value is -1.30. The van der Waals surface area contributed by atoms with Crippen LogP contribution in [0.15, 0.2) is 18.2 Å². The van der Waals surface area contributed by atoms with Gasteiger partial charge in [0, 0.05) is 11.6 Å². The van der Waals surface area contributed by atoms with Crippen molar-refractivity contribution in [1.82, 2.24) is 0 Å². The number of ether oxygens (including phenoxy) is 1. The van der Waals surface area contributed by atoms with E-state index in [4.69, 9.17) is 5.73 Å². The summed E-state index contributed by atoms with van der Waals surface area (Å²) in [5.41, 5.74) is 5.40. The maximum atomic E-state index is 13.3. The van der Waals surface area contributed by atoms with Gasteiger partial charge in [-0.15, -0.1) is 0 Å². The molecule has 1 atom stereocenters. The first kappa shape index (κ1) is 12.8. The molecule has 0 aromatic heterocycles. The monoisotopic (exact) mass is 237 g/mol. The van der Waals surface area contributed by atoms with Crippen molar-refractivity contribution in [3.63, 3.8) is 0 Å². The van der Waals surface area contributed by atoms with Crippen molar-refractivity contribution in [3.05, 3.63) is 29.6 Å². The Morgan fingerprint density at radius 3 is 2.50 bits per heavy atom. The Kier molecular flexibility index (Phi) is 3.74. The maximum Gasteiger partial charge on any atom is 0.422 e. The summed E-state index contributed by atoms with van der Waals surface area (Å²) in [6.45, 7) is 0.00896. The molecule has 0 aliphatic rings. The Bertz CT molecular complexity index is 362. The molecule has 0 heterocycles. The van der Waals surface area contributed by atoms with Crippen LogP contribution in [-0.4, -0.2) is 12.8 Å². The molecule has 0 spiro atoms. The first-order valence-electron chi connectivity index (χ1n) is 4.55. The van der Waals surface area contributed by atoms with Gasteiger partial charge in [0.05, 0.1) is 0 Å². The van der Waals surface area contributed by atoms with Crippen LogP contribution in [0, 0.1) is 5.82 Å². The zero-order valence-corrected chi connectivity index (χ0v) is 8.51. The first-order valence-corrected chi connectivity index (χ1v) is 4.55. The molecule has 90 valence electrons. The first-order chi connectivity index (χ1) is 7.31. The van der Waals surface area contributed by atoms with E-state index in [1.807, 2.05) is 0 Å². The average molecular weight is 237 g/mol. The number of halogens is 4. The summed E-state index contributed by atoms with van der Waals surface area (Å²) in [6.07, 6.45) is -4.46. The predicted octanol–water partition coefficient (Wildman–Crippen LogP) is 2.79. The fraction of sp³-hybridized carbons (Fsp3) is 0.400. The molecule has 1 rings (SSSR count). The van der Waals surface area contributed by atoms with E-state index in [2.05, 4.69) is 4.74 Å². The molecule has 2 N–H and O–H groups in total. The molecular weight excluding hydrogens is 226 g/mol. The van der Waals surface area contributed by atoms with E-state index < -0.39 is 24.6 Å². The third-order valence-electron chi connectivity index (χ3n) is 1.86. The van der Waals surface area contributed by atoms with Crippen molar-refractivity contribution >= 4 is 0 Å². The van der Waals surface area contributed by atoms with Crippen molar-refractivity contribution in [2.45, 2.75) is 19.1 Å². The Balaban J connectivity index is 2.91. The van der Waals surface area contributed by atoms with Crippen LogP contribution in [0.5, 0.6) is 5.75 Å². The van der Waals surface area contributed by atoms with Gasteiger partial charge in [-0.05, 0) is 19.1 Å². The van der Waals surface area contributed by atoms with Crippen molar-refractivity contribution in [2.24, 2.45) is 5.73 Å². The molecule has 1 aromatic carbocycles. The molecule has 0 saturated heterocycles. The highest BCUT2D eigenvalue weighted by Crippen LogP contribution is 2.28. The molecule has 0 unspecified atom stereocenters. The van der Waals surface area contributed by atoms with Gasteiger partial charge in [-0.2, -0.15) is 13.2 Å². The van der Waals surface area contributed by atoms with Crippen LogP contribution < -0.4 is 10.5 Å². The van der Waals surface area contributed by atoms with Gasteiger partial charge in [0.15, 0.2) is 6.61 Å². The van der Waals surface area contributed by atoms with Gasteiger partial charge >= 0.3 is 6.18 Å². The van der Waals surface area contributed by atoms with Crippen LogP contribution in [0.3, 0.4) is 0 Å². The summed E-state index contributed by atoms with van der Waals surface area (Å²) in [4.78, 5) is 0. The Morgan fingerprint density at radius 2 is 2.00 bits per heavy atom. The van der Waals surface area contributed by atoms with E-state index in [-0.39, 0.29) is 11.3 Å². The summed E-state index contributed by atoms with van der Waals surface area (Å²) < 4.78 is 53.6. The van der Waals surface area contributed by atoms with Crippen molar-refractivity contribution in [3.8, 4) is 5.75 Å². The highest BCUT2D eigenvalue weighted by molar-refractivity contribution is 5.36. The van der Waals surface area contributed by atoms with Gasteiger partial charge in [0.25, 0.3) is 0 Å². The molecule has 1 aromatic rings. The van der Waals surface area contributed by atoms with Gasteiger partial charge in [-0.25, -0.2) is 4.39 Å². The second-order valence-corrected chi connectivity index (χ2v) is 3.34. The Morgan fingerprint density at radius 1 is 1.38 bits per heavy atom. The molecule has 0 aliphatic heterocycles. The van der Waals surface area contributed by atoms with Crippen LogP contribution >= 0.6 is 0 Å². The topological polar surface area (TPSA) is 35.2 Å². The zero-order chi connectivity index (χ0) is 12.3. The summed E-state index contributed by atoms with van der Waals surface area (Å²) in [5.74, 6) is -0.845. The van der Waals surface area contributed by atoms with Crippen LogP contribution in [-0.2, 0) is 0 Å². The Labute approximate surface area is 90.0 Å². The van der Waals surface area contributed by atoms with Crippen molar-refractivity contribution in [2.75, 3.05) is 6.61 Å². The lowest BCUT2D eigenvalue weighted by Crippen LogP contribution is -2.21. The second kappa shape index (κ2) is 4.69. The van der Waals surface area contributed by atoms with Crippen molar-refractivity contribution < 1.29 is 22.3 Å². The standard InChI is InChI=1S/C10H11F4NO/c1-6(15)9-7(11)3-2-4-8(9)16-5-10(12,13)14/h2-4,6H,5,15H2,1H3/t6-/m1/s1. The minimum absolute atomic E-state index is 0.0493. The van der Waals surface area contributed by atoms with Crippen molar-refractivity contribution in [1.29, 1.82) is 0 Å². The summed E-state index contributed by atoms with van der Waals surface area (Å²) in [6, 6.07) is 2.92. The lowest BCUT2D eigenvalue weighted by atomic mass is 10.1. The number of benzene rings is 1. The molecule has 0 aliphatic carbocycles. The van der Waals surface area contributed by atoms with E-state index in [9.17, 15) is 17.6 Å². The highest BCUT2D eigenvalue weighted by Gasteiger charge is 2.29.